The van der Waals surface area contributed by atoms with Crippen molar-refractivity contribution in [2.24, 2.45) is 0 Å². The largest absolute Gasteiger partial charge is 0.368 e. The Morgan fingerprint density at radius 1 is 1.50 bits per heavy atom. The zero-order valence-corrected chi connectivity index (χ0v) is 6.23. The summed E-state index contributed by atoms with van der Waals surface area (Å²) in [4.78, 5) is 0. The van der Waals surface area contributed by atoms with Crippen LogP contribution in [0.3, 0.4) is 0 Å². The zero-order chi connectivity index (χ0) is 6.57. The summed E-state index contributed by atoms with van der Waals surface area (Å²) < 4.78 is 4.92. The Morgan fingerprint density at radius 2 is 2.00 bits per heavy atom. The Morgan fingerprint density at radius 3 is 2.12 bits per heavy atom. The molecule has 0 aliphatic rings. The first-order valence-corrected chi connectivity index (χ1v) is 3.82. The van der Waals surface area contributed by atoms with Gasteiger partial charge in [-0.1, -0.05) is 0 Å². The molecule has 0 bridgehead atoms. The van der Waals surface area contributed by atoms with Crippen LogP contribution in [0, 0.1) is 0 Å². The number of rotatable bonds is 3. The van der Waals surface area contributed by atoms with E-state index in [1.165, 1.54) is 0 Å². The average Bonchev–Trinajstić information content (AvgIpc) is 1.65. The van der Waals surface area contributed by atoms with Crippen molar-refractivity contribution in [2.45, 2.75) is 25.6 Å². The minimum absolute atomic E-state index is 0.0926. The van der Waals surface area contributed by atoms with Crippen LogP contribution < -0.4 is 0 Å². The number of aliphatic hydroxyl groups excluding tert-OH is 1. The van der Waals surface area contributed by atoms with Gasteiger partial charge >= 0.3 is 0 Å². The molecule has 0 radical (unpaired) electrons. The molecule has 0 aromatic heterocycles. The van der Waals surface area contributed by atoms with E-state index in [9.17, 15) is 0 Å². The molecule has 0 saturated heterocycles. The van der Waals surface area contributed by atoms with Crippen LogP contribution in [-0.2, 0) is 4.74 Å². The molecule has 0 aliphatic heterocycles. The van der Waals surface area contributed by atoms with Gasteiger partial charge in [0, 0.05) is 0 Å². The van der Waals surface area contributed by atoms with Crippen LogP contribution in [0.25, 0.3) is 0 Å². The first-order chi connectivity index (χ1) is 3.66. The molecule has 2 atom stereocenters. The van der Waals surface area contributed by atoms with Gasteiger partial charge in [-0.15, -0.1) is 11.8 Å². The normalized spacial score (nSPS) is 18.0. The maximum absolute atomic E-state index is 8.62. The summed E-state index contributed by atoms with van der Waals surface area (Å²) in [7, 11) is 0. The Kier molecular flexibility index (Phi) is 4.32. The van der Waals surface area contributed by atoms with Gasteiger partial charge in [-0.25, -0.2) is 0 Å². The maximum Gasteiger partial charge on any atom is 0.153 e. The van der Waals surface area contributed by atoms with E-state index in [0.717, 1.165) is 0 Å². The molecule has 2 unspecified atom stereocenters. The Hall–Kier alpha value is 0.270. The van der Waals surface area contributed by atoms with Gasteiger partial charge in [-0.05, 0) is 20.1 Å². The van der Waals surface area contributed by atoms with Crippen LogP contribution in [0.1, 0.15) is 13.8 Å². The molecule has 0 spiro atoms. The Labute approximate surface area is 54.2 Å². The lowest BCUT2D eigenvalue weighted by atomic mass is 10.7. The molecule has 0 aromatic rings. The second kappa shape index (κ2) is 4.18. The second-order valence-corrected chi connectivity index (χ2v) is 2.67. The summed E-state index contributed by atoms with van der Waals surface area (Å²) in [5, 5.41) is 8.62. The Bertz CT molecular complexity index is 56.4. The molecule has 0 heterocycles. The van der Waals surface area contributed by atoms with Crippen molar-refractivity contribution in [3.05, 3.63) is 0 Å². The molecule has 1 N–H and O–H groups in total. The third-order valence-corrected chi connectivity index (χ3v) is 1.50. The van der Waals surface area contributed by atoms with Crippen LogP contribution in [0.15, 0.2) is 0 Å². The highest BCUT2D eigenvalue weighted by molar-refractivity contribution is 7.99. The third-order valence-electron chi connectivity index (χ3n) is 0.721. The van der Waals surface area contributed by atoms with Gasteiger partial charge < -0.3 is 9.84 Å². The number of thioether (sulfide) groups is 1. The summed E-state index contributed by atoms with van der Waals surface area (Å²) in [5.74, 6) is 0. The average molecular weight is 136 g/mol. The molecule has 0 fully saturated rings. The van der Waals surface area contributed by atoms with E-state index in [-0.39, 0.29) is 5.44 Å². The topological polar surface area (TPSA) is 29.5 Å². The smallest absolute Gasteiger partial charge is 0.153 e. The second-order valence-electron chi connectivity index (χ2n) is 1.54. The third kappa shape index (κ3) is 4.43. The zero-order valence-electron chi connectivity index (χ0n) is 5.42. The molecule has 0 aromatic carbocycles. The molecule has 50 valence electrons. The van der Waals surface area contributed by atoms with Crippen LogP contribution >= 0.6 is 11.8 Å². The van der Waals surface area contributed by atoms with Crippen molar-refractivity contribution >= 4 is 11.8 Å². The van der Waals surface area contributed by atoms with E-state index >= 15 is 0 Å². The van der Waals surface area contributed by atoms with E-state index in [0.29, 0.717) is 0 Å². The molecule has 0 rings (SSSR count). The van der Waals surface area contributed by atoms with E-state index in [1.54, 1.807) is 18.7 Å². The van der Waals surface area contributed by atoms with Crippen molar-refractivity contribution in [2.75, 3.05) is 6.26 Å². The van der Waals surface area contributed by atoms with Crippen molar-refractivity contribution in [3.8, 4) is 0 Å². The van der Waals surface area contributed by atoms with E-state index in [4.69, 9.17) is 9.84 Å². The fourth-order valence-corrected chi connectivity index (χ4v) is 0.605. The Balaban J connectivity index is 3.10. The van der Waals surface area contributed by atoms with Crippen molar-refractivity contribution < 1.29 is 9.84 Å². The minimum atomic E-state index is -0.641. The van der Waals surface area contributed by atoms with Crippen molar-refractivity contribution in [1.82, 2.24) is 0 Å². The fraction of sp³-hybridized carbons (Fsp3) is 1.00. The highest BCUT2D eigenvalue weighted by atomic mass is 32.2. The standard InChI is InChI=1S/C5H12O2S/c1-4(6)7-5(2)8-3/h4-6H,1-3H3. The van der Waals surface area contributed by atoms with Gasteiger partial charge in [-0.3, -0.25) is 0 Å². The molecular weight excluding hydrogens is 124 g/mol. The lowest BCUT2D eigenvalue weighted by Crippen LogP contribution is -2.12. The lowest BCUT2D eigenvalue weighted by Gasteiger charge is -2.11. The summed E-state index contributed by atoms with van der Waals surface area (Å²) in [6.07, 6.45) is 1.30. The number of aliphatic hydroxyl groups is 1. The predicted molar refractivity (Wildman–Crippen MR) is 35.7 cm³/mol. The minimum Gasteiger partial charge on any atom is -0.368 e. The molecule has 8 heavy (non-hydrogen) atoms. The van der Waals surface area contributed by atoms with Gasteiger partial charge in [-0.2, -0.15) is 0 Å². The predicted octanol–water partition coefficient (Wildman–Crippen LogP) is 1.05. The van der Waals surface area contributed by atoms with Gasteiger partial charge in [0.25, 0.3) is 0 Å². The summed E-state index contributed by atoms with van der Waals surface area (Å²) in [6, 6.07) is 0. The molecule has 3 heteroatoms. The van der Waals surface area contributed by atoms with E-state index in [1.807, 2.05) is 13.2 Å². The quantitative estimate of drug-likeness (QED) is 0.588. The van der Waals surface area contributed by atoms with E-state index < -0.39 is 6.29 Å². The van der Waals surface area contributed by atoms with Crippen LogP contribution in [0.4, 0.5) is 0 Å². The van der Waals surface area contributed by atoms with Gasteiger partial charge in [0.2, 0.25) is 0 Å². The lowest BCUT2D eigenvalue weighted by molar-refractivity contribution is -0.0911. The van der Waals surface area contributed by atoms with Gasteiger partial charge in [0.1, 0.15) is 5.44 Å². The summed E-state index contributed by atoms with van der Waals surface area (Å²) in [5.41, 5.74) is 0.0926. The highest BCUT2D eigenvalue weighted by Crippen LogP contribution is 2.07. The van der Waals surface area contributed by atoms with E-state index in [2.05, 4.69) is 0 Å². The summed E-state index contributed by atoms with van der Waals surface area (Å²) >= 11 is 1.57. The van der Waals surface area contributed by atoms with Crippen molar-refractivity contribution in [3.63, 3.8) is 0 Å². The van der Waals surface area contributed by atoms with Crippen LogP contribution in [-0.4, -0.2) is 23.1 Å². The SMILES string of the molecule is CSC(C)OC(C)O. The highest BCUT2D eigenvalue weighted by Gasteiger charge is 2.00. The van der Waals surface area contributed by atoms with Crippen molar-refractivity contribution in [1.29, 1.82) is 0 Å². The number of ether oxygens (including phenoxy) is 1. The molecule has 0 aliphatic carbocycles. The molecule has 2 nitrogen and oxygen atoms in total. The van der Waals surface area contributed by atoms with Crippen LogP contribution in [0.5, 0.6) is 0 Å². The molecule has 0 amide bonds. The summed E-state index contributed by atoms with van der Waals surface area (Å²) in [6.45, 7) is 3.50. The fourth-order valence-electron chi connectivity index (χ4n) is 0.333. The number of hydrogen-bond acceptors (Lipinski definition) is 3. The molecular formula is C5H12O2S. The first kappa shape index (κ1) is 8.27. The molecule has 0 saturated carbocycles. The van der Waals surface area contributed by atoms with Crippen LogP contribution in [0.2, 0.25) is 0 Å². The monoisotopic (exact) mass is 136 g/mol. The first-order valence-electron chi connectivity index (χ1n) is 2.53. The van der Waals surface area contributed by atoms with Gasteiger partial charge in [0.15, 0.2) is 6.29 Å². The number of hydrogen-bond donors (Lipinski definition) is 1. The maximum atomic E-state index is 8.62. The van der Waals surface area contributed by atoms with Gasteiger partial charge in [0.05, 0.1) is 0 Å².